The number of hydrogen-bond donors (Lipinski definition) is 1. The van der Waals surface area contributed by atoms with E-state index in [2.05, 4.69) is 15.9 Å². The minimum Gasteiger partial charge on any atom is -0.508 e. The van der Waals surface area contributed by atoms with Crippen molar-refractivity contribution in [3.63, 3.8) is 0 Å². The molecular weight excluding hydrogens is 376 g/mol. The third kappa shape index (κ3) is 2.41. The summed E-state index contributed by atoms with van der Waals surface area (Å²) in [4.78, 5) is 24.2. The first kappa shape index (κ1) is 14.7. The Hall–Kier alpha value is -2.86. The highest BCUT2D eigenvalue weighted by molar-refractivity contribution is 9.10. The van der Waals surface area contributed by atoms with E-state index in [0.29, 0.717) is 16.5 Å². The minimum atomic E-state index is -0.614. The van der Waals surface area contributed by atoms with E-state index in [9.17, 15) is 14.7 Å². The van der Waals surface area contributed by atoms with E-state index < -0.39 is 11.3 Å². The highest BCUT2D eigenvalue weighted by atomic mass is 79.9. The Morgan fingerprint density at radius 1 is 0.833 bits per heavy atom. The van der Waals surface area contributed by atoms with Crippen molar-refractivity contribution in [3.05, 3.63) is 73.8 Å². The molecule has 0 atom stereocenters. The molecule has 1 N–H and O–H groups in total. The Labute approximate surface area is 142 Å². The molecule has 0 fully saturated rings. The zero-order valence-electron chi connectivity index (χ0n) is 12.1. The van der Waals surface area contributed by atoms with Crippen LogP contribution in [-0.2, 0) is 0 Å². The lowest BCUT2D eigenvalue weighted by molar-refractivity contribution is 0.473. The lowest BCUT2D eigenvalue weighted by Crippen LogP contribution is -2.06. The maximum Gasteiger partial charge on any atom is 0.344 e. The van der Waals surface area contributed by atoms with Crippen LogP contribution in [0.3, 0.4) is 0 Å². The third-order valence-electron chi connectivity index (χ3n) is 3.71. The molecule has 24 heavy (non-hydrogen) atoms. The molecule has 0 aliphatic carbocycles. The topological polar surface area (TPSA) is 80.7 Å². The zero-order chi connectivity index (χ0) is 16.8. The molecule has 0 radical (unpaired) electrons. The van der Waals surface area contributed by atoms with Crippen molar-refractivity contribution in [1.29, 1.82) is 0 Å². The van der Waals surface area contributed by atoms with E-state index in [1.54, 1.807) is 24.3 Å². The third-order valence-corrected chi connectivity index (χ3v) is 4.21. The van der Waals surface area contributed by atoms with Gasteiger partial charge in [0.2, 0.25) is 0 Å². The fourth-order valence-electron chi connectivity index (χ4n) is 2.66. The Morgan fingerprint density at radius 3 is 2.50 bits per heavy atom. The SMILES string of the molecule is O=c1cc(-c2cc3cc(Br)ccc3oc2=O)c2ccc(O)cc2o1. The second-order valence-electron chi connectivity index (χ2n) is 5.29. The molecule has 0 spiro atoms. The standard InChI is InChI=1S/C18H9BrO5/c19-10-1-4-15-9(5-10)6-14(18(22)24-15)13-8-17(21)23-16-7-11(20)2-3-12(13)16/h1-8,20H. The molecule has 0 aliphatic heterocycles. The summed E-state index contributed by atoms with van der Waals surface area (Å²) in [5.41, 5.74) is 0.144. The van der Waals surface area contributed by atoms with Crippen molar-refractivity contribution in [1.82, 2.24) is 0 Å². The first-order valence-electron chi connectivity index (χ1n) is 7.02. The van der Waals surface area contributed by atoms with Crippen molar-refractivity contribution in [3.8, 4) is 16.9 Å². The summed E-state index contributed by atoms with van der Waals surface area (Å²) in [6, 6.07) is 12.6. The van der Waals surface area contributed by atoms with Gasteiger partial charge in [-0.25, -0.2) is 9.59 Å². The van der Waals surface area contributed by atoms with E-state index in [-0.39, 0.29) is 16.9 Å². The maximum atomic E-state index is 12.4. The van der Waals surface area contributed by atoms with Gasteiger partial charge in [0.1, 0.15) is 16.9 Å². The van der Waals surface area contributed by atoms with Crippen molar-refractivity contribution >= 4 is 37.9 Å². The fourth-order valence-corrected chi connectivity index (χ4v) is 3.04. The van der Waals surface area contributed by atoms with Crippen molar-refractivity contribution < 1.29 is 13.9 Å². The summed E-state index contributed by atoms with van der Waals surface area (Å²) >= 11 is 3.38. The number of fused-ring (bicyclic) bond motifs is 2. The predicted molar refractivity (Wildman–Crippen MR) is 93.3 cm³/mol. The molecule has 0 amide bonds. The molecule has 6 heteroatoms. The molecule has 4 rings (SSSR count). The average Bonchev–Trinajstić information content (AvgIpc) is 2.53. The molecule has 2 aromatic heterocycles. The Kier molecular flexibility index (Phi) is 3.28. The van der Waals surface area contributed by atoms with Crippen LogP contribution < -0.4 is 11.3 Å². The largest absolute Gasteiger partial charge is 0.508 e. The summed E-state index contributed by atoms with van der Waals surface area (Å²) in [6.07, 6.45) is 0. The first-order valence-corrected chi connectivity index (χ1v) is 7.81. The number of benzene rings is 2. The van der Waals surface area contributed by atoms with Gasteiger partial charge in [-0.05, 0) is 36.4 Å². The molecular formula is C18H9BrO5. The van der Waals surface area contributed by atoms with Gasteiger partial charge in [0, 0.05) is 32.9 Å². The Bertz CT molecular complexity index is 1220. The van der Waals surface area contributed by atoms with Gasteiger partial charge in [0.05, 0.1) is 5.56 Å². The molecule has 2 aromatic carbocycles. The van der Waals surface area contributed by atoms with Gasteiger partial charge >= 0.3 is 11.3 Å². The Morgan fingerprint density at radius 2 is 1.67 bits per heavy atom. The second kappa shape index (κ2) is 5.35. The summed E-state index contributed by atoms with van der Waals surface area (Å²) in [7, 11) is 0. The molecule has 0 saturated carbocycles. The van der Waals surface area contributed by atoms with Crippen LogP contribution in [0.5, 0.6) is 5.75 Å². The van der Waals surface area contributed by atoms with Gasteiger partial charge in [-0.1, -0.05) is 15.9 Å². The van der Waals surface area contributed by atoms with Crippen LogP contribution in [0.2, 0.25) is 0 Å². The maximum absolute atomic E-state index is 12.4. The van der Waals surface area contributed by atoms with Crippen LogP contribution in [-0.4, -0.2) is 5.11 Å². The van der Waals surface area contributed by atoms with E-state index in [1.807, 2.05) is 6.07 Å². The average molecular weight is 385 g/mol. The van der Waals surface area contributed by atoms with Crippen LogP contribution >= 0.6 is 15.9 Å². The van der Waals surface area contributed by atoms with Gasteiger partial charge in [-0.3, -0.25) is 0 Å². The van der Waals surface area contributed by atoms with Gasteiger partial charge in [-0.2, -0.15) is 0 Å². The summed E-state index contributed by atoms with van der Waals surface area (Å²) < 4.78 is 11.3. The minimum absolute atomic E-state index is 0.0303. The molecule has 2 heterocycles. The number of aromatic hydroxyl groups is 1. The van der Waals surface area contributed by atoms with E-state index in [0.717, 1.165) is 9.86 Å². The summed E-state index contributed by atoms with van der Waals surface area (Å²) in [5, 5.41) is 10.8. The van der Waals surface area contributed by atoms with E-state index in [1.165, 1.54) is 18.2 Å². The monoisotopic (exact) mass is 384 g/mol. The van der Waals surface area contributed by atoms with Crippen LogP contribution in [0.4, 0.5) is 0 Å². The van der Waals surface area contributed by atoms with Gasteiger partial charge in [0.15, 0.2) is 0 Å². The number of phenolic OH excluding ortho intramolecular Hbond substituents is 1. The predicted octanol–water partition coefficient (Wildman–Crippen LogP) is 4.03. The Balaban J connectivity index is 2.11. The highest BCUT2D eigenvalue weighted by Crippen LogP contribution is 2.29. The van der Waals surface area contributed by atoms with Crippen molar-refractivity contribution in [2.75, 3.05) is 0 Å². The fraction of sp³-hybridized carbons (Fsp3) is 0. The number of rotatable bonds is 1. The normalized spacial score (nSPS) is 11.2. The molecule has 0 saturated heterocycles. The molecule has 0 bridgehead atoms. The van der Waals surface area contributed by atoms with Gasteiger partial charge < -0.3 is 13.9 Å². The smallest absolute Gasteiger partial charge is 0.344 e. The molecule has 0 unspecified atom stereocenters. The molecule has 4 aromatic rings. The lowest BCUT2D eigenvalue weighted by Gasteiger charge is -2.06. The number of halogens is 1. The van der Waals surface area contributed by atoms with Crippen LogP contribution in [0.1, 0.15) is 0 Å². The molecule has 118 valence electrons. The molecule has 0 aliphatic rings. The van der Waals surface area contributed by atoms with Crippen molar-refractivity contribution in [2.45, 2.75) is 0 Å². The van der Waals surface area contributed by atoms with Crippen molar-refractivity contribution in [2.24, 2.45) is 0 Å². The van der Waals surface area contributed by atoms with Gasteiger partial charge in [-0.15, -0.1) is 0 Å². The second-order valence-corrected chi connectivity index (χ2v) is 6.20. The van der Waals surface area contributed by atoms with Crippen LogP contribution in [0, 0.1) is 0 Å². The summed E-state index contributed by atoms with van der Waals surface area (Å²) in [5.74, 6) is -0.0303. The highest BCUT2D eigenvalue weighted by Gasteiger charge is 2.14. The van der Waals surface area contributed by atoms with Gasteiger partial charge in [0.25, 0.3) is 0 Å². The van der Waals surface area contributed by atoms with Crippen LogP contribution in [0.25, 0.3) is 33.1 Å². The number of phenols is 1. The molecule has 5 nitrogen and oxygen atoms in total. The van der Waals surface area contributed by atoms with E-state index >= 15 is 0 Å². The zero-order valence-corrected chi connectivity index (χ0v) is 13.7. The quantitative estimate of drug-likeness (QED) is 0.501. The lowest BCUT2D eigenvalue weighted by atomic mass is 10.0. The summed E-state index contributed by atoms with van der Waals surface area (Å²) in [6.45, 7) is 0. The number of hydrogen-bond acceptors (Lipinski definition) is 5. The first-order chi connectivity index (χ1) is 11.5. The van der Waals surface area contributed by atoms with E-state index in [4.69, 9.17) is 8.83 Å². The van der Waals surface area contributed by atoms with Crippen LogP contribution in [0.15, 0.2) is 71.4 Å².